The standard InChI is InChI=1S/C16H22N2O2S/c1-17-14(11-20-9-8-19-2)10-16-18-15(12-21-16)13-6-4-3-5-7-13/h3-7,12,14,17H,8-11H2,1-2H3. The minimum atomic E-state index is 0.275. The van der Waals surface area contributed by atoms with Crippen molar-refractivity contribution in [3.05, 3.63) is 40.7 Å². The van der Waals surface area contributed by atoms with E-state index in [0.717, 1.165) is 22.7 Å². The summed E-state index contributed by atoms with van der Waals surface area (Å²) < 4.78 is 10.6. The normalized spacial score (nSPS) is 12.5. The van der Waals surface area contributed by atoms with Crippen LogP contribution in [0.4, 0.5) is 0 Å². The lowest BCUT2D eigenvalue weighted by atomic mass is 10.2. The Morgan fingerprint density at radius 2 is 2.05 bits per heavy atom. The second kappa shape index (κ2) is 8.89. The van der Waals surface area contributed by atoms with Gasteiger partial charge in [0.1, 0.15) is 0 Å². The van der Waals surface area contributed by atoms with Crippen molar-refractivity contribution in [2.75, 3.05) is 34.0 Å². The molecular formula is C16H22N2O2S. The fraction of sp³-hybridized carbons (Fsp3) is 0.438. The maximum atomic E-state index is 5.58. The molecule has 114 valence electrons. The fourth-order valence-electron chi connectivity index (χ4n) is 1.97. The molecule has 0 radical (unpaired) electrons. The number of benzene rings is 1. The lowest BCUT2D eigenvalue weighted by molar-refractivity contribution is 0.0598. The molecule has 0 fully saturated rings. The third-order valence-electron chi connectivity index (χ3n) is 3.20. The van der Waals surface area contributed by atoms with E-state index in [0.29, 0.717) is 19.8 Å². The molecule has 2 aromatic rings. The first kappa shape index (κ1) is 16.1. The largest absolute Gasteiger partial charge is 0.382 e. The van der Waals surface area contributed by atoms with Gasteiger partial charge in [-0.3, -0.25) is 0 Å². The van der Waals surface area contributed by atoms with E-state index < -0.39 is 0 Å². The van der Waals surface area contributed by atoms with Gasteiger partial charge in [0, 0.05) is 30.5 Å². The third-order valence-corrected chi connectivity index (χ3v) is 4.07. The van der Waals surface area contributed by atoms with Crippen LogP contribution in [0.15, 0.2) is 35.7 Å². The van der Waals surface area contributed by atoms with Crippen LogP contribution >= 0.6 is 11.3 Å². The quantitative estimate of drug-likeness (QED) is 0.723. The second-order valence-electron chi connectivity index (χ2n) is 4.75. The lowest BCUT2D eigenvalue weighted by Crippen LogP contribution is -2.33. The summed E-state index contributed by atoms with van der Waals surface area (Å²) in [5, 5.41) is 6.52. The number of nitrogens with zero attached hydrogens (tertiary/aromatic N) is 1. The molecule has 2 rings (SSSR count). The van der Waals surface area contributed by atoms with Crippen LogP contribution in [0.2, 0.25) is 0 Å². The molecule has 1 N–H and O–H groups in total. The Morgan fingerprint density at radius 3 is 2.76 bits per heavy atom. The van der Waals surface area contributed by atoms with Crippen LogP contribution in [0.1, 0.15) is 5.01 Å². The Kier molecular flexibility index (Phi) is 6.82. The zero-order valence-electron chi connectivity index (χ0n) is 12.5. The van der Waals surface area contributed by atoms with Gasteiger partial charge >= 0.3 is 0 Å². The van der Waals surface area contributed by atoms with Crippen molar-refractivity contribution in [2.45, 2.75) is 12.5 Å². The Labute approximate surface area is 130 Å². The van der Waals surface area contributed by atoms with Crippen molar-refractivity contribution in [1.29, 1.82) is 0 Å². The zero-order chi connectivity index (χ0) is 14.9. The molecule has 0 bridgehead atoms. The van der Waals surface area contributed by atoms with E-state index >= 15 is 0 Å². The maximum Gasteiger partial charge on any atom is 0.0949 e. The molecule has 0 amide bonds. The molecule has 1 atom stereocenters. The number of rotatable bonds is 9. The van der Waals surface area contributed by atoms with E-state index in [1.54, 1.807) is 18.4 Å². The van der Waals surface area contributed by atoms with Crippen LogP contribution in [-0.2, 0) is 15.9 Å². The van der Waals surface area contributed by atoms with Gasteiger partial charge in [-0.15, -0.1) is 11.3 Å². The van der Waals surface area contributed by atoms with E-state index in [4.69, 9.17) is 14.5 Å². The molecule has 0 saturated carbocycles. The van der Waals surface area contributed by atoms with E-state index in [-0.39, 0.29) is 6.04 Å². The van der Waals surface area contributed by atoms with Crippen molar-refractivity contribution in [2.24, 2.45) is 0 Å². The van der Waals surface area contributed by atoms with Gasteiger partial charge in [-0.2, -0.15) is 0 Å². The molecule has 5 heteroatoms. The van der Waals surface area contributed by atoms with Crippen LogP contribution in [0.3, 0.4) is 0 Å². The first-order chi connectivity index (χ1) is 10.3. The topological polar surface area (TPSA) is 43.4 Å². The van der Waals surface area contributed by atoms with Gasteiger partial charge in [0.25, 0.3) is 0 Å². The summed E-state index contributed by atoms with van der Waals surface area (Å²) in [4.78, 5) is 4.71. The summed E-state index contributed by atoms with van der Waals surface area (Å²) in [5.74, 6) is 0. The summed E-state index contributed by atoms with van der Waals surface area (Å²) >= 11 is 1.70. The van der Waals surface area contributed by atoms with Gasteiger partial charge < -0.3 is 14.8 Å². The van der Waals surface area contributed by atoms with Gasteiger partial charge in [-0.05, 0) is 7.05 Å². The number of nitrogens with one attached hydrogen (secondary N) is 1. The van der Waals surface area contributed by atoms with Gasteiger partial charge in [-0.1, -0.05) is 30.3 Å². The summed E-state index contributed by atoms with van der Waals surface area (Å²) in [5.41, 5.74) is 2.21. The van der Waals surface area contributed by atoms with Crippen LogP contribution in [0, 0.1) is 0 Å². The highest BCUT2D eigenvalue weighted by atomic mass is 32.1. The first-order valence-corrected chi connectivity index (χ1v) is 7.95. The van der Waals surface area contributed by atoms with E-state index in [9.17, 15) is 0 Å². The minimum absolute atomic E-state index is 0.275. The Morgan fingerprint density at radius 1 is 1.24 bits per heavy atom. The second-order valence-corrected chi connectivity index (χ2v) is 5.69. The molecule has 21 heavy (non-hydrogen) atoms. The number of hydrogen-bond acceptors (Lipinski definition) is 5. The highest BCUT2D eigenvalue weighted by molar-refractivity contribution is 7.09. The molecule has 1 heterocycles. The van der Waals surface area contributed by atoms with Crippen LogP contribution in [0.5, 0.6) is 0 Å². The van der Waals surface area contributed by atoms with Crippen molar-refractivity contribution >= 4 is 11.3 Å². The maximum absolute atomic E-state index is 5.58. The molecule has 1 aromatic carbocycles. The number of ether oxygens (including phenoxy) is 2. The third kappa shape index (κ3) is 5.21. The van der Waals surface area contributed by atoms with Crippen molar-refractivity contribution in [1.82, 2.24) is 10.3 Å². The Bertz CT molecular complexity index is 516. The summed E-state index contributed by atoms with van der Waals surface area (Å²) in [6.07, 6.45) is 0.876. The number of aromatic nitrogens is 1. The Hall–Kier alpha value is -1.27. The predicted molar refractivity (Wildman–Crippen MR) is 86.8 cm³/mol. The number of methoxy groups -OCH3 is 1. The van der Waals surface area contributed by atoms with Crippen LogP contribution in [-0.4, -0.2) is 45.0 Å². The average molecular weight is 306 g/mol. The van der Waals surface area contributed by atoms with Gasteiger partial charge in [0.15, 0.2) is 0 Å². The summed E-state index contributed by atoms with van der Waals surface area (Å²) in [6.45, 7) is 1.92. The highest BCUT2D eigenvalue weighted by Crippen LogP contribution is 2.22. The highest BCUT2D eigenvalue weighted by Gasteiger charge is 2.11. The van der Waals surface area contributed by atoms with Crippen LogP contribution < -0.4 is 5.32 Å². The summed E-state index contributed by atoms with van der Waals surface area (Å²) in [7, 11) is 3.63. The number of thiazole rings is 1. The van der Waals surface area contributed by atoms with Gasteiger partial charge in [-0.25, -0.2) is 4.98 Å². The van der Waals surface area contributed by atoms with Gasteiger partial charge in [0.2, 0.25) is 0 Å². The van der Waals surface area contributed by atoms with Crippen LogP contribution in [0.25, 0.3) is 11.3 Å². The molecule has 0 aliphatic heterocycles. The predicted octanol–water partition coefficient (Wildman–Crippen LogP) is 2.60. The first-order valence-electron chi connectivity index (χ1n) is 7.07. The SMILES string of the molecule is CNC(COCCOC)Cc1nc(-c2ccccc2)cs1. The van der Waals surface area contributed by atoms with E-state index in [1.807, 2.05) is 25.2 Å². The monoisotopic (exact) mass is 306 g/mol. The molecule has 1 aromatic heterocycles. The lowest BCUT2D eigenvalue weighted by Gasteiger charge is -2.14. The molecule has 0 aliphatic rings. The Balaban J connectivity index is 1.88. The van der Waals surface area contributed by atoms with Crippen molar-refractivity contribution in [3.8, 4) is 11.3 Å². The van der Waals surface area contributed by atoms with E-state index in [1.165, 1.54) is 0 Å². The summed E-state index contributed by atoms with van der Waals surface area (Å²) in [6, 6.07) is 10.5. The number of likely N-dealkylation sites (N-methyl/N-ethyl adjacent to an activating group) is 1. The van der Waals surface area contributed by atoms with E-state index in [2.05, 4.69) is 22.8 Å². The average Bonchev–Trinajstić information content (AvgIpc) is 3.00. The molecule has 1 unspecified atom stereocenters. The molecular weight excluding hydrogens is 284 g/mol. The fourth-order valence-corrected chi connectivity index (χ4v) is 2.85. The number of hydrogen-bond donors (Lipinski definition) is 1. The smallest absolute Gasteiger partial charge is 0.0949 e. The molecule has 0 aliphatic carbocycles. The van der Waals surface area contributed by atoms with Crippen molar-refractivity contribution < 1.29 is 9.47 Å². The molecule has 4 nitrogen and oxygen atoms in total. The van der Waals surface area contributed by atoms with Crippen molar-refractivity contribution in [3.63, 3.8) is 0 Å². The molecule has 0 spiro atoms. The minimum Gasteiger partial charge on any atom is -0.382 e. The zero-order valence-corrected chi connectivity index (χ0v) is 13.4. The molecule has 0 saturated heterocycles. The van der Waals surface area contributed by atoms with Gasteiger partial charge in [0.05, 0.1) is 30.5 Å².